The van der Waals surface area contributed by atoms with Crippen molar-refractivity contribution in [3.63, 3.8) is 0 Å². The van der Waals surface area contributed by atoms with Gasteiger partial charge < -0.3 is 9.84 Å². The monoisotopic (exact) mass is 279 g/mol. The molecule has 0 radical (unpaired) electrons. The lowest BCUT2D eigenvalue weighted by Crippen LogP contribution is -1.96. The number of aliphatic hydroxyl groups excluding tert-OH is 1. The van der Waals surface area contributed by atoms with Crippen molar-refractivity contribution >= 4 is 10.9 Å². The smallest absolute Gasteiger partial charge is 0.119 e. The van der Waals surface area contributed by atoms with Crippen LogP contribution in [0.25, 0.3) is 22.2 Å². The van der Waals surface area contributed by atoms with E-state index in [1.807, 2.05) is 55.5 Å². The van der Waals surface area contributed by atoms with Crippen molar-refractivity contribution in [2.75, 3.05) is 7.11 Å². The van der Waals surface area contributed by atoms with Crippen LogP contribution in [0.5, 0.6) is 5.75 Å². The van der Waals surface area contributed by atoms with Crippen LogP contribution < -0.4 is 4.74 Å². The highest BCUT2D eigenvalue weighted by Gasteiger charge is 2.10. The lowest BCUT2D eigenvalue weighted by atomic mass is 10.0. The maximum atomic E-state index is 9.66. The molecule has 1 N–H and O–H groups in total. The number of methoxy groups -OCH3 is 1. The Morgan fingerprint density at radius 3 is 2.67 bits per heavy atom. The van der Waals surface area contributed by atoms with Gasteiger partial charge in [-0.2, -0.15) is 0 Å². The maximum absolute atomic E-state index is 9.66. The molecule has 1 heterocycles. The second-order valence-corrected chi connectivity index (χ2v) is 5.03. The summed E-state index contributed by atoms with van der Waals surface area (Å²) in [6, 6.07) is 15.8. The summed E-state index contributed by atoms with van der Waals surface area (Å²) in [7, 11) is 1.64. The number of aryl methyl sites for hydroxylation is 1. The second-order valence-electron chi connectivity index (χ2n) is 5.03. The Kier molecular flexibility index (Phi) is 3.59. The van der Waals surface area contributed by atoms with Gasteiger partial charge in [-0.25, -0.2) is 4.98 Å². The summed E-state index contributed by atoms with van der Waals surface area (Å²) in [5.74, 6) is 0.781. The molecule has 0 atom stereocenters. The number of pyridine rings is 1. The fraction of sp³-hybridized carbons (Fsp3) is 0.167. The Morgan fingerprint density at radius 1 is 1.10 bits per heavy atom. The lowest BCUT2D eigenvalue weighted by molar-refractivity contribution is 0.282. The summed E-state index contributed by atoms with van der Waals surface area (Å²) in [6.07, 6.45) is 0. The number of nitrogens with zero attached hydrogens (tertiary/aromatic N) is 1. The summed E-state index contributed by atoms with van der Waals surface area (Å²) >= 11 is 0. The van der Waals surface area contributed by atoms with E-state index in [4.69, 9.17) is 9.72 Å². The molecular formula is C18H17NO2. The molecule has 0 unspecified atom stereocenters. The van der Waals surface area contributed by atoms with Crippen molar-refractivity contribution in [3.05, 3.63) is 59.7 Å². The van der Waals surface area contributed by atoms with Crippen molar-refractivity contribution in [1.82, 2.24) is 4.98 Å². The molecule has 3 heteroatoms. The molecular weight excluding hydrogens is 262 g/mol. The molecule has 0 saturated heterocycles. The minimum atomic E-state index is -0.0383. The van der Waals surface area contributed by atoms with Gasteiger partial charge in [0, 0.05) is 16.5 Å². The molecule has 21 heavy (non-hydrogen) atoms. The quantitative estimate of drug-likeness (QED) is 0.794. The number of fused-ring (bicyclic) bond motifs is 1. The van der Waals surface area contributed by atoms with Gasteiger partial charge in [0.15, 0.2) is 0 Å². The molecule has 0 amide bonds. The highest BCUT2D eigenvalue weighted by molar-refractivity contribution is 5.85. The molecule has 0 aliphatic rings. The number of aliphatic hydroxyl groups is 1. The zero-order valence-corrected chi connectivity index (χ0v) is 12.1. The first-order valence-electron chi connectivity index (χ1n) is 6.87. The molecule has 0 aliphatic carbocycles. The third kappa shape index (κ3) is 2.48. The maximum Gasteiger partial charge on any atom is 0.119 e. The fourth-order valence-electron chi connectivity index (χ4n) is 2.53. The topological polar surface area (TPSA) is 42.4 Å². The van der Waals surface area contributed by atoms with Crippen LogP contribution >= 0.6 is 0 Å². The van der Waals surface area contributed by atoms with Crippen LogP contribution in [0.4, 0.5) is 0 Å². The number of ether oxygens (including phenoxy) is 1. The number of benzene rings is 2. The predicted molar refractivity (Wildman–Crippen MR) is 84.4 cm³/mol. The molecule has 0 aliphatic heterocycles. The minimum absolute atomic E-state index is 0.0383. The van der Waals surface area contributed by atoms with E-state index in [0.717, 1.165) is 39.0 Å². The average Bonchev–Trinajstić information content (AvgIpc) is 2.54. The second kappa shape index (κ2) is 5.54. The number of rotatable bonds is 3. The van der Waals surface area contributed by atoms with E-state index >= 15 is 0 Å². The van der Waals surface area contributed by atoms with Gasteiger partial charge in [-0.3, -0.25) is 0 Å². The SMILES string of the molecule is COc1cccc(-c2nc3c(C)cccc3cc2CO)c1. The zero-order valence-electron chi connectivity index (χ0n) is 12.1. The third-order valence-electron chi connectivity index (χ3n) is 3.64. The summed E-state index contributed by atoms with van der Waals surface area (Å²) in [6.45, 7) is 2.01. The van der Waals surface area contributed by atoms with Crippen LogP contribution in [0.3, 0.4) is 0 Å². The molecule has 3 aromatic rings. The van der Waals surface area contributed by atoms with E-state index in [-0.39, 0.29) is 6.61 Å². The zero-order chi connectivity index (χ0) is 14.8. The Bertz CT molecular complexity index is 796. The third-order valence-corrected chi connectivity index (χ3v) is 3.64. The van der Waals surface area contributed by atoms with Crippen LogP contribution in [-0.2, 0) is 6.61 Å². The van der Waals surface area contributed by atoms with E-state index in [1.165, 1.54) is 0 Å². The van der Waals surface area contributed by atoms with Gasteiger partial charge in [0.05, 0.1) is 24.9 Å². The molecule has 2 aromatic carbocycles. The molecule has 0 fully saturated rings. The predicted octanol–water partition coefficient (Wildman–Crippen LogP) is 3.71. The van der Waals surface area contributed by atoms with Gasteiger partial charge in [0.1, 0.15) is 5.75 Å². The number of aromatic nitrogens is 1. The van der Waals surface area contributed by atoms with Crippen LogP contribution in [0.1, 0.15) is 11.1 Å². The molecule has 106 valence electrons. The first-order valence-corrected chi connectivity index (χ1v) is 6.87. The molecule has 3 nitrogen and oxygen atoms in total. The largest absolute Gasteiger partial charge is 0.497 e. The van der Waals surface area contributed by atoms with Crippen molar-refractivity contribution in [1.29, 1.82) is 0 Å². The van der Waals surface area contributed by atoms with Crippen LogP contribution in [0.15, 0.2) is 48.5 Å². The molecule has 1 aromatic heterocycles. The van der Waals surface area contributed by atoms with Crippen molar-refractivity contribution in [3.8, 4) is 17.0 Å². The van der Waals surface area contributed by atoms with Gasteiger partial charge >= 0.3 is 0 Å². The Labute approximate surface area is 123 Å². The fourth-order valence-corrected chi connectivity index (χ4v) is 2.53. The van der Waals surface area contributed by atoms with Crippen LogP contribution in [0.2, 0.25) is 0 Å². The van der Waals surface area contributed by atoms with Gasteiger partial charge in [0.2, 0.25) is 0 Å². The summed E-state index contributed by atoms with van der Waals surface area (Å²) < 4.78 is 5.27. The van der Waals surface area contributed by atoms with Gasteiger partial charge in [-0.05, 0) is 30.7 Å². The van der Waals surface area contributed by atoms with E-state index in [0.29, 0.717) is 0 Å². The molecule has 0 bridgehead atoms. The molecule has 0 spiro atoms. The highest BCUT2D eigenvalue weighted by Crippen LogP contribution is 2.29. The Morgan fingerprint density at radius 2 is 1.90 bits per heavy atom. The summed E-state index contributed by atoms with van der Waals surface area (Å²) in [5, 5.41) is 10.7. The lowest BCUT2D eigenvalue weighted by Gasteiger charge is -2.11. The van der Waals surface area contributed by atoms with Crippen LogP contribution in [0, 0.1) is 6.92 Å². The Balaban J connectivity index is 2.27. The van der Waals surface area contributed by atoms with Gasteiger partial charge in [-0.15, -0.1) is 0 Å². The van der Waals surface area contributed by atoms with E-state index in [2.05, 4.69) is 0 Å². The standard InChI is InChI=1S/C18H17NO2/c1-12-5-3-6-13-9-15(11-20)18(19-17(12)13)14-7-4-8-16(10-14)21-2/h3-10,20H,11H2,1-2H3. The van der Waals surface area contributed by atoms with E-state index < -0.39 is 0 Å². The first kappa shape index (κ1) is 13.6. The average molecular weight is 279 g/mol. The highest BCUT2D eigenvalue weighted by atomic mass is 16.5. The number of para-hydroxylation sites is 1. The Hall–Kier alpha value is -2.39. The van der Waals surface area contributed by atoms with E-state index in [9.17, 15) is 5.11 Å². The van der Waals surface area contributed by atoms with Crippen molar-refractivity contribution in [2.24, 2.45) is 0 Å². The number of hydrogen-bond donors (Lipinski definition) is 1. The minimum Gasteiger partial charge on any atom is -0.497 e. The molecule has 3 rings (SSSR count). The summed E-state index contributed by atoms with van der Waals surface area (Å²) in [4.78, 5) is 4.78. The molecule has 0 saturated carbocycles. The number of hydrogen-bond acceptors (Lipinski definition) is 3. The van der Waals surface area contributed by atoms with Crippen LogP contribution in [-0.4, -0.2) is 17.2 Å². The van der Waals surface area contributed by atoms with Crippen molar-refractivity contribution in [2.45, 2.75) is 13.5 Å². The van der Waals surface area contributed by atoms with Crippen molar-refractivity contribution < 1.29 is 9.84 Å². The van der Waals surface area contributed by atoms with Gasteiger partial charge in [-0.1, -0.05) is 30.3 Å². The van der Waals surface area contributed by atoms with Gasteiger partial charge in [0.25, 0.3) is 0 Å². The normalized spacial score (nSPS) is 10.8. The van der Waals surface area contributed by atoms with E-state index in [1.54, 1.807) is 7.11 Å². The summed E-state index contributed by atoms with van der Waals surface area (Å²) in [5.41, 5.74) is 4.66. The first-order chi connectivity index (χ1) is 10.2.